The minimum absolute atomic E-state index is 0.0856. The van der Waals surface area contributed by atoms with Gasteiger partial charge in [0, 0.05) is 27.1 Å². The third-order valence-electron chi connectivity index (χ3n) is 13.0. The number of hydrogen-bond donors (Lipinski definition) is 1. The molecule has 16 atom stereocenters. The lowest BCUT2D eigenvalue weighted by Crippen LogP contribution is -2.49. The summed E-state index contributed by atoms with van der Waals surface area (Å²) in [6, 6.07) is 0. The van der Waals surface area contributed by atoms with Crippen LogP contribution in [-0.4, -0.2) is 181 Å². The van der Waals surface area contributed by atoms with Crippen molar-refractivity contribution in [1.82, 2.24) is 4.13 Å². The van der Waals surface area contributed by atoms with Crippen LogP contribution < -0.4 is 4.13 Å². The van der Waals surface area contributed by atoms with Gasteiger partial charge < -0.3 is 27.4 Å². The van der Waals surface area contributed by atoms with Gasteiger partial charge in [-0.05, 0) is 149 Å². The topological polar surface area (TPSA) is 98.8 Å². The van der Waals surface area contributed by atoms with E-state index in [2.05, 4.69) is 199 Å². The van der Waals surface area contributed by atoms with E-state index >= 15 is 0 Å². The van der Waals surface area contributed by atoms with Gasteiger partial charge in [-0.15, -0.1) is 147 Å². The maximum atomic E-state index is 11.4. The van der Waals surface area contributed by atoms with Crippen molar-refractivity contribution in [1.29, 1.82) is 0 Å². The largest absolute Gasteiger partial charge is 0.512 e. The van der Waals surface area contributed by atoms with E-state index in [0.717, 1.165) is 24.2 Å². The fraction of sp³-hybridized carbons (Fsp3) is 1.00. The van der Waals surface area contributed by atoms with Crippen molar-refractivity contribution in [3.05, 3.63) is 0 Å². The summed E-state index contributed by atoms with van der Waals surface area (Å²) in [7, 11) is 51.5. The molecule has 11 nitrogen and oxygen atoms in total. The fourth-order valence-electron chi connectivity index (χ4n) is 8.03. The summed E-state index contributed by atoms with van der Waals surface area (Å²) in [5.41, 5.74) is -5.62. The zero-order chi connectivity index (χ0) is 64.2. The molecule has 81 heavy (non-hydrogen) atoms. The quantitative estimate of drug-likeness (QED) is 0.0722. The summed E-state index contributed by atoms with van der Waals surface area (Å²) in [6.07, 6.45) is 15.9. The average Bonchev–Trinajstić information content (AvgIpc) is 3.78. The molecule has 0 aromatic heterocycles. The molecule has 3 heterocycles. The number of sulfonamides is 2. The zero-order valence-corrected chi connectivity index (χ0v) is 81.3. The number of ether oxygens (including phenoxy) is 2. The van der Waals surface area contributed by atoms with Crippen LogP contribution in [0.5, 0.6) is 0 Å². The first-order valence-electron chi connectivity index (χ1n) is 26.2. The Hall–Kier alpha value is 11.4. The second kappa shape index (κ2) is 54.2. The Balaban J connectivity index is -0.000000429. The highest BCUT2D eigenvalue weighted by Crippen LogP contribution is 3.22. The van der Waals surface area contributed by atoms with E-state index in [1.54, 1.807) is 14.2 Å². The predicted molar refractivity (Wildman–Crippen MR) is 452 cm³/mol. The van der Waals surface area contributed by atoms with Crippen molar-refractivity contribution in [2.75, 3.05) is 140 Å². The van der Waals surface area contributed by atoms with Gasteiger partial charge in [-0.2, -0.15) is 13.2 Å². The summed E-state index contributed by atoms with van der Waals surface area (Å²) in [5.74, 6) is 0. The smallest absolute Gasteiger partial charge is 0.379 e. The number of alkyl halides is 3. The molecule has 0 amide bonds. The van der Waals surface area contributed by atoms with Crippen LogP contribution in [0.4, 0.5) is 13.2 Å². The van der Waals surface area contributed by atoms with Gasteiger partial charge in [0.25, 0.3) is 0 Å². The lowest BCUT2D eigenvalue weighted by molar-refractivity contribution is -0.914. The number of likely N-dealkylation sites (N-methyl/N-ethyl adjacent to an activating group) is 2. The van der Waals surface area contributed by atoms with Gasteiger partial charge in [-0.1, -0.05) is 20.3 Å². The molecule has 0 aromatic rings. The van der Waals surface area contributed by atoms with E-state index < -0.39 is 25.6 Å². The number of piperidine rings is 2. The van der Waals surface area contributed by atoms with Crippen LogP contribution in [0.25, 0.3) is 0 Å². The van der Waals surface area contributed by atoms with Crippen molar-refractivity contribution in [2.45, 2.75) is 104 Å². The number of rotatable bonds is 25. The van der Waals surface area contributed by atoms with Gasteiger partial charge in [0.2, 0.25) is 10.0 Å². The van der Waals surface area contributed by atoms with Crippen LogP contribution in [0.2, 0.25) is 0 Å². The molecule has 0 spiro atoms. The molecule has 0 aromatic carbocycles. The van der Waals surface area contributed by atoms with E-state index in [9.17, 15) is 30.0 Å². The summed E-state index contributed by atoms with van der Waals surface area (Å²) in [6.45, 7) is 28.2. The van der Waals surface area contributed by atoms with Crippen molar-refractivity contribution in [3.63, 3.8) is 0 Å². The molecule has 44 heteroatoms. The number of nitrogens with zero attached hydrogens (tertiary/aromatic N) is 4. The first kappa shape index (κ1) is 98.8. The van der Waals surface area contributed by atoms with Crippen molar-refractivity contribution >= 4 is 247 Å². The van der Waals surface area contributed by atoms with Crippen molar-refractivity contribution < 1.29 is 57.4 Å². The molecule has 0 aliphatic carbocycles. The lowest BCUT2D eigenvalue weighted by Gasteiger charge is -2.37. The van der Waals surface area contributed by atoms with Gasteiger partial charge in [-0.25, -0.2) is 16.8 Å². The summed E-state index contributed by atoms with van der Waals surface area (Å²) in [5, 5.41) is 0. The third-order valence-corrected chi connectivity index (χ3v) is 173. The molecule has 0 radical (unpaired) electrons. The highest BCUT2D eigenvalue weighted by atomic mass is 33.3. The Morgan fingerprint density at radius 1 is 0.469 bits per heavy atom. The molecule has 0 saturated carbocycles. The normalized spacial score (nSPS) is 17.4. The lowest BCUT2D eigenvalue weighted by atomic mass is 10.1. The maximum Gasteiger partial charge on any atom is 0.512 e. The summed E-state index contributed by atoms with van der Waals surface area (Å²) in [4.78, 5) is 0. The van der Waals surface area contributed by atoms with E-state index in [-0.39, 0.29) is 83.8 Å². The summed E-state index contributed by atoms with van der Waals surface area (Å²) < 4.78 is 90.3. The Labute approximate surface area is 547 Å². The Kier molecular flexibility index (Phi) is 66.2. The summed E-state index contributed by atoms with van der Waals surface area (Å²) >= 11 is 0. The van der Waals surface area contributed by atoms with Gasteiger partial charge in [-0.3, -0.25) is 0 Å². The second-order valence-corrected chi connectivity index (χ2v) is 131. The highest BCUT2D eigenvalue weighted by molar-refractivity contribution is 9.28. The molecular weight excluding hydrogens is 1600 g/mol. The number of likely N-dealkylation sites (tertiary alicyclic amines) is 3. The van der Waals surface area contributed by atoms with Gasteiger partial charge >= 0.3 is 15.5 Å². The molecule has 3 fully saturated rings. The Morgan fingerprint density at radius 3 is 0.951 bits per heavy atom. The van der Waals surface area contributed by atoms with Crippen LogP contribution in [0.15, 0.2) is 0 Å². The SMILES string of the molecule is CCCC[N+]1(C)CCCC1.CCC[N+]1(C)CCCCC1.CC[N+](C)(CC)CCOC.COCC[N+]1(C)CCCCC1.CS(=O)(=O)NS(=O)(=O)C(F)(F)F.PP(P)P(P(P)P)P(P(P)P)P(P)P.PP(P)P(P(P)P)P(P(P)P)P(P)P. The van der Waals surface area contributed by atoms with E-state index in [4.69, 9.17) is 9.47 Å². The molecule has 3 aliphatic heterocycles. The molecule has 16 unspecified atom stereocenters. The van der Waals surface area contributed by atoms with Crippen molar-refractivity contribution in [3.8, 4) is 0 Å². The molecule has 1 N–H and O–H groups in total. The van der Waals surface area contributed by atoms with Gasteiger partial charge in [0.05, 0.1) is 113 Å². The Morgan fingerprint density at radius 2 is 0.741 bits per heavy atom. The average molecular weight is 1720 g/mol. The number of methoxy groups -OCH3 is 2. The zero-order valence-electron chi connectivity index (χ0n) is 50.5. The minimum atomic E-state index is -5.79. The van der Waals surface area contributed by atoms with Crippen LogP contribution in [0.3, 0.4) is 0 Å². The van der Waals surface area contributed by atoms with Crippen LogP contribution >= 0.6 is 227 Å². The second-order valence-electron chi connectivity index (χ2n) is 20.4. The highest BCUT2D eigenvalue weighted by Gasteiger charge is 2.47. The molecule has 0 bridgehead atoms. The van der Waals surface area contributed by atoms with Crippen molar-refractivity contribution in [2.24, 2.45) is 0 Å². The number of halogens is 3. The number of quaternary nitrogens is 4. The minimum Gasteiger partial charge on any atom is -0.379 e. The molecule has 3 rings (SSSR count). The van der Waals surface area contributed by atoms with E-state index in [1.165, 1.54) is 156 Å². The maximum absolute atomic E-state index is 11.4. The van der Waals surface area contributed by atoms with Crippen LogP contribution in [0, 0.1) is 0 Å². The van der Waals surface area contributed by atoms with Crippen LogP contribution in [0.1, 0.15) is 98.3 Å². The Bertz CT molecular complexity index is 1650. The predicted octanol–water partition coefficient (Wildman–Crippen LogP) is 21.4. The van der Waals surface area contributed by atoms with Crippen LogP contribution in [-0.2, 0) is 29.5 Å². The monoisotopic (exact) mass is 1720 g/mol. The third kappa shape index (κ3) is 50.4. The number of hydrogen-bond acceptors (Lipinski definition) is 6. The van der Waals surface area contributed by atoms with E-state index in [1.807, 2.05) is 0 Å². The molecule has 494 valence electrons. The van der Waals surface area contributed by atoms with E-state index in [0.29, 0.717) is 10.4 Å². The fourth-order valence-corrected chi connectivity index (χ4v) is 304. The number of nitrogens with one attached hydrogen (secondary N) is 1. The standard InChI is InChI=1S/C9H20NO.2C9H20N.C8H20NO.C2H4F3NO4S2.2H16P14/c1-10(8-9-11-2)6-4-3-5-7-10;1-3-7-10(2)8-5-4-6-9-10;1-3-4-7-10(2)8-5-6-9-10;1-5-9(3,6-2)7-8-10-4;1-11(7,8)6-12(9,10)2(3,4)5;2*1-9(2)13(10(3)4)14(11(5)6)12(7)8/h3-9H2,1-2H3;2*3-9H2,1-2H3;5-8H2,1-4H3;6H,1H3;2*1-8H2/q4*+1;;;. The molecule has 3 saturated heterocycles. The first-order chi connectivity index (χ1) is 37.0. The number of unbranched alkanes of at least 4 members (excludes halogenated alkanes) is 1. The van der Waals surface area contributed by atoms with Gasteiger partial charge in [0.1, 0.15) is 13.1 Å². The van der Waals surface area contributed by atoms with Gasteiger partial charge in [0.15, 0.2) is 0 Å². The molecule has 3 aliphatic rings. The molecular formula is C37H116F3N5O6P28S2+4. The first-order valence-corrected chi connectivity index (χ1v) is 78.6.